The third kappa shape index (κ3) is 3.27. The van der Waals surface area contributed by atoms with Gasteiger partial charge < -0.3 is 19.1 Å². The minimum atomic E-state index is -0.278. The maximum atomic E-state index is 13.0. The van der Waals surface area contributed by atoms with Crippen molar-refractivity contribution in [3.63, 3.8) is 0 Å². The van der Waals surface area contributed by atoms with Crippen LogP contribution in [0.15, 0.2) is 4.52 Å². The number of methoxy groups -OCH3 is 1. The van der Waals surface area contributed by atoms with E-state index in [9.17, 15) is 9.59 Å². The van der Waals surface area contributed by atoms with Crippen LogP contribution in [0.1, 0.15) is 55.8 Å². The summed E-state index contributed by atoms with van der Waals surface area (Å²) >= 11 is 0. The summed E-state index contributed by atoms with van der Waals surface area (Å²) in [4.78, 5) is 33.2. The fourth-order valence-electron chi connectivity index (χ4n) is 3.77. The maximum absolute atomic E-state index is 13.0. The van der Waals surface area contributed by atoms with Gasteiger partial charge in [-0.25, -0.2) is 0 Å². The first kappa shape index (κ1) is 16.5. The molecule has 2 atom stereocenters. The van der Waals surface area contributed by atoms with E-state index in [1.54, 1.807) is 12.0 Å². The molecule has 2 amide bonds. The molecule has 0 N–H and O–H groups in total. The molecule has 1 saturated carbocycles. The van der Waals surface area contributed by atoms with Crippen molar-refractivity contribution < 1.29 is 18.8 Å². The van der Waals surface area contributed by atoms with Gasteiger partial charge in [-0.15, -0.1) is 0 Å². The van der Waals surface area contributed by atoms with E-state index in [1.807, 2.05) is 4.90 Å². The van der Waals surface area contributed by atoms with Crippen LogP contribution in [0.25, 0.3) is 0 Å². The van der Waals surface area contributed by atoms with Gasteiger partial charge in [0, 0.05) is 39.1 Å². The molecule has 8 heteroatoms. The quantitative estimate of drug-likeness (QED) is 0.765. The van der Waals surface area contributed by atoms with E-state index in [4.69, 9.17) is 9.26 Å². The van der Waals surface area contributed by atoms with E-state index in [0.717, 1.165) is 25.7 Å². The molecular formula is C17H24N4O4. The summed E-state index contributed by atoms with van der Waals surface area (Å²) in [6.07, 6.45) is 4.28. The zero-order valence-electron chi connectivity index (χ0n) is 14.5. The Hall–Kier alpha value is -1.96. The van der Waals surface area contributed by atoms with Crippen molar-refractivity contribution in [2.24, 2.45) is 5.92 Å². The van der Waals surface area contributed by atoms with Gasteiger partial charge >= 0.3 is 0 Å². The van der Waals surface area contributed by atoms with Crippen molar-refractivity contribution in [2.75, 3.05) is 33.4 Å². The molecule has 0 radical (unpaired) electrons. The number of nitrogens with zero attached hydrogens (tertiary/aromatic N) is 4. The highest BCUT2D eigenvalue weighted by Gasteiger charge is 2.41. The number of carbonyl (C=O) groups is 2. The van der Waals surface area contributed by atoms with Crippen LogP contribution in [0.4, 0.5) is 0 Å². The number of amides is 2. The lowest BCUT2D eigenvalue weighted by molar-refractivity contribution is -0.136. The summed E-state index contributed by atoms with van der Waals surface area (Å²) in [5.41, 5.74) is 0. The minimum Gasteiger partial charge on any atom is -0.383 e. The van der Waals surface area contributed by atoms with Crippen LogP contribution in [0, 0.1) is 5.92 Å². The molecule has 0 bridgehead atoms. The first-order valence-electron chi connectivity index (χ1n) is 9.08. The van der Waals surface area contributed by atoms with Crippen LogP contribution in [0.5, 0.6) is 0 Å². The maximum Gasteiger partial charge on any atom is 0.229 e. The Balaban J connectivity index is 1.42. The Morgan fingerprint density at radius 2 is 2.20 bits per heavy atom. The Bertz CT molecular complexity index is 657. The Kier molecular flexibility index (Phi) is 4.45. The fourth-order valence-corrected chi connectivity index (χ4v) is 3.77. The van der Waals surface area contributed by atoms with Crippen molar-refractivity contribution in [1.82, 2.24) is 19.9 Å². The molecule has 4 rings (SSSR count). The number of likely N-dealkylation sites (tertiary alicyclic amines) is 2. The molecule has 8 nitrogen and oxygen atoms in total. The van der Waals surface area contributed by atoms with Gasteiger partial charge in [0.1, 0.15) is 0 Å². The van der Waals surface area contributed by atoms with Gasteiger partial charge in [0.15, 0.2) is 5.82 Å². The Labute approximate surface area is 146 Å². The van der Waals surface area contributed by atoms with Gasteiger partial charge in [0.25, 0.3) is 0 Å². The van der Waals surface area contributed by atoms with Crippen LogP contribution >= 0.6 is 0 Å². The third-order valence-electron chi connectivity index (χ3n) is 5.35. The van der Waals surface area contributed by atoms with Gasteiger partial charge in [-0.2, -0.15) is 4.98 Å². The molecular weight excluding hydrogens is 324 g/mol. The normalized spacial score (nSPS) is 26.7. The molecule has 136 valence electrons. The van der Waals surface area contributed by atoms with Gasteiger partial charge in [-0.05, 0) is 25.7 Å². The molecule has 1 aromatic rings. The first-order chi connectivity index (χ1) is 12.2. The molecule has 3 fully saturated rings. The van der Waals surface area contributed by atoms with Crippen LogP contribution in [0.3, 0.4) is 0 Å². The molecule has 1 aliphatic carbocycles. The summed E-state index contributed by atoms with van der Waals surface area (Å²) in [5.74, 6) is 1.52. The van der Waals surface area contributed by atoms with Crippen LogP contribution < -0.4 is 0 Å². The highest BCUT2D eigenvalue weighted by molar-refractivity contribution is 5.89. The number of carbonyl (C=O) groups excluding carboxylic acids is 2. The lowest BCUT2D eigenvalue weighted by atomic mass is 10.1. The average molecular weight is 348 g/mol. The summed E-state index contributed by atoms with van der Waals surface area (Å²) in [6.45, 7) is 2.20. The standard InChI is InChI=1S/C17H24N4O4/c1-24-8-7-20-10-12(9-14(20)22)17(23)21-6-2-3-13(21)15-18-16(25-19-15)11-4-5-11/h11-13H,2-10H2,1H3/t12-,13+/m1/s1. The summed E-state index contributed by atoms with van der Waals surface area (Å²) < 4.78 is 10.4. The molecule has 0 unspecified atom stereocenters. The van der Waals surface area contributed by atoms with E-state index in [-0.39, 0.29) is 30.2 Å². The molecule has 3 aliphatic rings. The van der Waals surface area contributed by atoms with Crippen LogP contribution in [0.2, 0.25) is 0 Å². The van der Waals surface area contributed by atoms with E-state index in [0.29, 0.717) is 43.9 Å². The number of ether oxygens (including phenoxy) is 1. The van der Waals surface area contributed by atoms with Gasteiger partial charge in [0.2, 0.25) is 17.7 Å². The SMILES string of the molecule is COCCN1C[C@H](C(=O)N2CCC[C@H]2c2noc(C3CC3)n2)CC1=O. The molecule has 2 aliphatic heterocycles. The Morgan fingerprint density at radius 1 is 1.36 bits per heavy atom. The molecule has 0 aromatic carbocycles. The van der Waals surface area contributed by atoms with Crippen LogP contribution in [-0.4, -0.2) is 65.1 Å². The van der Waals surface area contributed by atoms with Crippen molar-refractivity contribution >= 4 is 11.8 Å². The fraction of sp³-hybridized carbons (Fsp3) is 0.765. The summed E-state index contributed by atoms with van der Waals surface area (Å²) in [7, 11) is 1.61. The molecule has 25 heavy (non-hydrogen) atoms. The average Bonchev–Trinajstić information content (AvgIpc) is 3.02. The van der Waals surface area contributed by atoms with Gasteiger partial charge in [0.05, 0.1) is 18.6 Å². The molecule has 2 saturated heterocycles. The number of aromatic nitrogens is 2. The lowest BCUT2D eigenvalue weighted by Gasteiger charge is -2.25. The van der Waals surface area contributed by atoms with E-state index in [1.165, 1.54) is 0 Å². The predicted molar refractivity (Wildman–Crippen MR) is 86.5 cm³/mol. The second kappa shape index (κ2) is 6.74. The monoisotopic (exact) mass is 348 g/mol. The van der Waals surface area contributed by atoms with E-state index in [2.05, 4.69) is 10.1 Å². The van der Waals surface area contributed by atoms with Crippen LogP contribution in [-0.2, 0) is 14.3 Å². The number of hydrogen-bond donors (Lipinski definition) is 0. The van der Waals surface area contributed by atoms with E-state index >= 15 is 0 Å². The molecule has 0 spiro atoms. The zero-order chi connectivity index (χ0) is 17.4. The van der Waals surface area contributed by atoms with E-state index < -0.39 is 0 Å². The second-order valence-corrected chi connectivity index (χ2v) is 7.19. The number of hydrogen-bond acceptors (Lipinski definition) is 6. The van der Waals surface area contributed by atoms with Crippen molar-refractivity contribution in [3.8, 4) is 0 Å². The van der Waals surface area contributed by atoms with Gasteiger partial charge in [-0.1, -0.05) is 5.16 Å². The summed E-state index contributed by atoms with van der Waals surface area (Å²) in [5, 5.41) is 4.12. The lowest BCUT2D eigenvalue weighted by Crippen LogP contribution is -2.37. The van der Waals surface area contributed by atoms with Crippen molar-refractivity contribution in [3.05, 3.63) is 11.7 Å². The second-order valence-electron chi connectivity index (χ2n) is 7.19. The highest BCUT2D eigenvalue weighted by Crippen LogP contribution is 2.40. The topological polar surface area (TPSA) is 88.8 Å². The highest BCUT2D eigenvalue weighted by atomic mass is 16.5. The third-order valence-corrected chi connectivity index (χ3v) is 5.35. The van der Waals surface area contributed by atoms with Crippen molar-refractivity contribution in [2.45, 2.75) is 44.1 Å². The van der Waals surface area contributed by atoms with Gasteiger partial charge in [-0.3, -0.25) is 9.59 Å². The smallest absolute Gasteiger partial charge is 0.229 e. The zero-order valence-corrected chi connectivity index (χ0v) is 14.5. The first-order valence-corrected chi connectivity index (χ1v) is 9.08. The largest absolute Gasteiger partial charge is 0.383 e. The number of rotatable bonds is 6. The van der Waals surface area contributed by atoms with Crippen molar-refractivity contribution in [1.29, 1.82) is 0 Å². The molecule has 3 heterocycles. The molecule has 1 aromatic heterocycles. The predicted octanol–water partition coefficient (Wildman–Crippen LogP) is 1.11. The summed E-state index contributed by atoms with van der Waals surface area (Å²) in [6, 6.07) is -0.119. The Morgan fingerprint density at radius 3 is 2.96 bits per heavy atom. The minimum absolute atomic E-state index is 0.0294.